The van der Waals surface area contributed by atoms with E-state index in [1.54, 1.807) is 25.4 Å². The molecule has 2 atom stereocenters. The minimum Gasteiger partial charge on any atom is -0.497 e. The average molecular weight is 390 g/mol. The molecule has 0 spiro atoms. The van der Waals surface area contributed by atoms with Crippen LogP contribution in [0.5, 0.6) is 5.75 Å². The van der Waals surface area contributed by atoms with Crippen LogP contribution in [-0.2, 0) is 0 Å². The highest BCUT2D eigenvalue weighted by atomic mass is 16.5. The second-order valence-corrected chi connectivity index (χ2v) is 7.81. The number of pyridine rings is 1. The lowest BCUT2D eigenvalue weighted by molar-refractivity contribution is 0.0911. The number of hydrogen-bond acceptors (Lipinski definition) is 3. The number of nitrogens with zero attached hydrogens (tertiary/aromatic N) is 1. The maximum absolute atomic E-state index is 13.2. The van der Waals surface area contributed by atoms with Gasteiger partial charge in [-0.05, 0) is 37.0 Å². The molecular formula is C24H26N2O3. The van der Waals surface area contributed by atoms with Crippen LogP contribution in [0, 0.1) is 5.92 Å². The average Bonchev–Trinajstić information content (AvgIpc) is 2.76. The number of aromatic nitrogens is 1. The van der Waals surface area contributed by atoms with E-state index in [4.69, 9.17) is 4.74 Å². The van der Waals surface area contributed by atoms with Gasteiger partial charge in [0.25, 0.3) is 11.5 Å². The Morgan fingerprint density at radius 2 is 1.83 bits per heavy atom. The minimum atomic E-state index is -0.156. The van der Waals surface area contributed by atoms with Gasteiger partial charge in [-0.25, -0.2) is 0 Å². The fourth-order valence-electron chi connectivity index (χ4n) is 4.20. The molecule has 1 heterocycles. The molecule has 1 aliphatic carbocycles. The third-order valence-corrected chi connectivity index (χ3v) is 5.93. The maximum Gasteiger partial charge on any atom is 0.262 e. The molecule has 0 bridgehead atoms. The van der Waals surface area contributed by atoms with Crippen LogP contribution in [0.4, 0.5) is 0 Å². The van der Waals surface area contributed by atoms with Crippen molar-refractivity contribution in [1.29, 1.82) is 0 Å². The molecule has 1 fully saturated rings. The summed E-state index contributed by atoms with van der Waals surface area (Å²) in [7, 11) is 1.59. The minimum absolute atomic E-state index is 0.128. The molecule has 4 rings (SSSR count). The number of ether oxygens (including phenoxy) is 1. The molecular weight excluding hydrogens is 364 g/mol. The number of rotatable bonds is 4. The van der Waals surface area contributed by atoms with Crippen molar-refractivity contribution in [2.45, 2.75) is 38.6 Å². The van der Waals surface area contributed by atoms with Gasteiger partial charge in [0.05, 0.1) is 18.4 Å². The first-order valence-electron chi connectivity index (χ1n) is 10.2. The quantitative estimate of drug-likeness (QED) is 0.722. The third-order valence-electron chi connectivity index (χ3n) is 5.93. The first-order chi connectivity index (χ1) is 14.1. The van der Waals surface area contributed by atoms with Crippen molar-refractivity contribution in [1.82, 2.24) is 9.88 Å². The number of amides is 1. The SMILES string of the molecule is COc1cccc(-n2cc(C(=O)N[C@H]3CCCC[C@H]3C)c3ccccc3c2=O)c1. The summed E-state index contributed by atoms with van der Waals surface area (Å²) in [4.78, 5) is 26.4. The van der Waals surface area contributed by atoms with E-state index >= 15 is 0 Å². The summed E-state index contributed by atoms with van der Waals surface area (Å²) in [5.41, 5.74) is 1.03. The number of carbonyl (C=O) groups excluding carboxylic acids is 1. The molecule has 3 aromatic rings. The van der Waals surface area contributed by atoms with Crippen molar-refractivity contribution in [2.75, 3.05) is 7.11 Å². The van der Waals surface area contributed by atoms with Gasteiger partial charge in [0.2, 0.25) is 0 Å². The second kappa shape index (κ2) is 8.11. The van der Waals surface area contributed by atoms with E-state index in [-0.39, 0.29) is 17.5 Å². The third kappa shape index (κ3) is 3.77. The Morgan fingerprint density at radius 1 is 1.07 bits per heavy atom. The van der Waals surface area contributed by atoms with Crippen LogP contribution in [0.3, 0.4) is 0 Å². The Kier molecular flexibility index (Phi) is 5.38. The molecule has 0 radical (unpaired) electrons. The van der Waals surface area contributed by atoms with Gasteiger partial charge >= 0.3 is 0 Å². The molecule has 0 saturated heterocycles. The highest BCUT2D eigenvalue weighted by Crippen LogP contribution is 2.25. The summed E-state index contributed by atoms with van der Waals surface area (Å²) in [6.07, 6.45) is 6.15. The van der Waals surface area contributed by atoms with Crippen molar-refractivity contribution in [2.24, 2.45) is 5.92 Å². The standard InChI is InChI=1S/C24H26N2O3/c1-16-8-3-6-13-22(16)25-23(27)21-15-26(17-9-7-10-18(14-17)29-2)24(28)20-12-5-4-11-19(20)21/h4-5,7,9-12,14-16,22H,3,6,8,13H2,1-2H3,(H,25,27)/t16-,22+/m1/s1. The monoisotopic (exact) mass is 390 g/mol. The van der Waals surface area contributed by atoms with Gasteiger partial charge in [-0.1, -0.05) is 44.0 Å². The van der Waals surface area contributed by atoms with Crippen LogP contribution < -0.4 is 15.6 Å². The molecule has 1 saturated carbocycles. The van der Waals surface area contributed by atoms with Crippen LogP contribution in [0.25, 0.3) is 16.5 Å². The highest BCUT2D eigenvalue weighted by molar-refractivity contribution is 6.06. The lowest BCUT2D eigenvalue weighted by Gasteiger charge is -2.29. The van der Waals surface area contributed by atoms with Crippen LogP contribution in [0.15, 0.2) is 59.5 Å². The Hall–Kier alpha value is -3.08. The van der Waals surface area contributed by atoms with Gasteiger partial charge in [-0.15, -0.1) is 0 Å². The highest BCUT2D eigenvalue weighted by Gasteiger charge is 2.24. The van der Waals surface area contributed by atoms with E-state index in [0.717, 1.165) is 19.3 Å². The van der Waals surface area contributed by atoms with Gasteiger partial charge in [0.1, 0.15) is 5.75 Å². The zero-order chi connectivity index (χ0) is 20.4. The predicted molar refractivity (Wildman–Crippen MR) is 115 cm³/mol. The van der Waals surface area contributed by atoms with E-state index in [9.17, 15) is 9.59 Å². The van der Waals surface area contributed by atoms with E-state index in [0.29, 0.717) is 33.7 Å². The van der Waals surface area contributed by atoms with Gasteiger partial charge in [0.15, 0.2) is 0 Å². The zero-order valence-electron chi connectivity index (χ0n) is 16.9. The Balaban J connectivity index is 1.81. The Bertz CT molecular complexity index is 1100. The molecule has 1 amide bonds. The molecule has 2 aromatic carbocycles. The van der Waals surface area contributed by atoms with Gasteiger partial charge in [-0.2, -0.15) is 0 Å². The number of methoxy groups -OCH3 is 1. The second-order valence-electron chi connectivity index (χ2n) is 7.81. The fourth-order valence-corrected chi connectivity index (χ4v) is 4.20. The lowest BCUT2D eigenvalue weighted by atomic mass is 9.86. The topological polar surface area (TPSA) is 60.3 Å². The van der Waals surface area contributed by atoms with Crippen molar-refractivity contribution >= 4 is 16.7 Å². The van der Waals surface area contributed by atoms with Gasteiger partial charge < -0.3 is 10.1 Å². The number of nitrogens with one attached hydrogen (secondary N) is 1. The fraction of sp³-hybridized carbons (Fsp3) is 0.333. The van der Waals surface area contributed by atoms with Crippen molar-refractivity contribution in [3.8, 4) is 11.4 Å². The molecule has 5 nitrogen and oxygen atoms in total. The van der Waals surface area contributed by atoms with Crippen LogP contribution in [0.2, 0.25) is 0 Å². The van der Waals surface area contributed by atoms with Crippen molar-refractivity contribution in [3.63, 3.8) is 0 Å². The summed E-state index contributed by atoms with van der Waals surface area (Å²) >= 11 is 0. The van der Waals surface area contributed by atoms with Gasteiger partial charge in [0, 0.05) is 29.1 Å². The summed E-state index contributed by atoms with van der Waals surface area (Å²) in [5, 5.41) is 4.42. The number of fused-ring (bicyclic) bond motifs is 1. The van der Waals surface area contributed by atoms with Gasteiger partial charge in [-0.3, -0.25) is 14.2 Å². The van der Waals surface area contributed by atoms with Crippen LogP contribution in [-0.4, -0.2) is 23.6 Å². The summed E-state index contributed by atoms with van der Waals surface area (Å²) in [6.45, 7) is 2.19. The molecule has 1 aromatic heterocycles. The largest absolute Gasteiger partial charge is 0.497 e. The van der Waals surface area contributed by atoms with Crippen LogP contribution >= 0.6 is 0 Å². The number of benzene rings is 2. The van der Waals surface area contributed by atoms with Crippen molar-refractivity contribution in [3.05, 3.63) is 70.6 Å². The van der Waals surface area contributed by atoms with Crippen LogP contribution in [0.1, 0.15) is 43.0 Å². The number of carbonyl (C=O) groups is 1. The molecule has 5 heteroatoms. The normalized spacial score (nSPS) is 19.1. The van der Waals surface area contributed by atoms with E-state index in [1.807, 2.05) is 36.4 Å². The molecule has 0 aliphatic heterocycles. The van der Waals surface area contributed by atoms with E-state index < -0.39 is 0 Å². The van der Waals surface area contributed by atoms with E-state index in [2.05, 4.69) is 12.2 Å². The zero-order valence-corrected chi connectivity index (χ0v) is 16.9. The molecule has 1 aliphatic rings. The molecule has 29 heavy (non-hydrogen) atoms. The number of hydrogen-bond donors (Lipinski definition) is 1. The molecule has 150 valence electrons. The summed E-state index contributed by atoms with van der Waals surface area (Å²) < 4.78 is 6.83. The maximum atomic E-state index is 13.2. The summed E-state index contributed by atoms with van der Waals surface area (Å²) in [5.74, 6) is 0.990. The van der Waals surface area contributed by atoms with E-state index in [1.165, 1.54) is 11.0 Å². The smallest absolute Gasteiger partial charge is 0.262 e. The first kappa shape index (κ1) is 19.2. The lowest BCUT2D eigenvalue weighted by Crippen LogP contribution is -2.41. The Labute approximate surface area is 170 Å². The van der Waals surface area contributed by atoms with Crippen molar-refractivity contribution < 1.29 is 9.53 Å². The summed E-state index contributed by atoms with van der Waals surface area (Å²) in [6, 6.07) is 14.8. The molecule has 1 N–H and O–H groups in total. The Morgan fingerprint density at radius 3 is 2.59 bits per heavy atom. The predicted octanol–water partition coefficient (Wildman–Crippen LogP) is 4.31. The molecule has 0 unspecified atom stereocenters. The first-order valence-corrected chi connectivity index (χ1v) is 10.2.